The predicted octanol–water partition coefficient (Wildman–Crippen LogP) is 2.13. The van der Waals surface area contributed by atoms with Gasteiger partial charge in [0.25, 0.3) is 0 Å². The van der Waals surface area contributed by atoms with Gasteiger partial charge in [0.05, 0.1) is 0 Å². The second-order valence-corrected chi connectivity index (χ2v) is 2.41. The van der Waals surface area contributed by atoms with Crippen molar-refractivity contribution in [2.24, 2.45) is 0 Å². The molecule has 6 heavy (non-hydrogen) atoms. The molecular weight excluding hydrogens is 147 g/mol. The number of hydrogen-bond acceptors (Lipinski definition) is 0. The van der Waals surface area contributed by atoms with Gasteiger partial charge in [0.2, 0.25) is 0 Å². The van der Waals surface area contributed by atoms with Crippen molar-refractivity contribution in [1.82, 2.24) is 0 Å². The Balaban J connectivity index is 3.17. The lowest BCUT2D eigenvalue weighted by Gasteiger charge is -2.05. The molecule has 0 aliphatic rings. The Morgan fingerprint density at radius 2 is 1.83 bits per heavy atom. The standard InChI is InChI=1S/C4H8BrF/c1-4(2,6)3-5/h3H2,1-2H3. The van der Waals surface area contributed by atoms with E-state index in [1.807, 2.05) is 0 Å². The first kappa shape index (κ1) is 6.41. The summed E-state index contributed by atoms with van der Waals surface area (Å²) in [6.07, 6.45) is 0. The molecule has 0 saturated heterocycles. The predicted molar refractivity (Wildman–Crippen MR) is 29.0 cm³/mol. The van der Waals surface area contributed by atoms with Gasteiger partial charge in [-0.05, 0) is 13.8 Å². The summed E-state index contributed by atoms with van der Waals surface area (Å²) in [5.74, 6) is 0. The van der Waals surface area contributed by atoms with Crippen LogP contribution in [-0.4, -0.2) is 11.0 Å². The second kappa shape index (κ2) is 1.92. The minimum atomic E-state index is -1.04. The molecule has 0 spiro atoms. The minimum Gasteiger partial charge on any atom is -0.244 e. The van der Waals surface area contributed by atoms with Gasteiger partial charge in [-0.15, -0.1) is 0 Å². The smallest absolute Gasteiger partial charge is 0.115 e. The van der Waals surface area contributed by atoms with E-state index in [9.17, 15) is 4.39 Å². The molecule has 0 radical (unpaired) electrons. The number of hydrogen-bond donors (Lipinski definition) is 0. The summed E-state index contributed by atoms with van der Waals surface area (Å²) < 4.78 is 12.1. The monoisotopic (exact) mass is 154 g/mol. The fourth-order valence-corrected chi connectivity index (χ4v) is 0. The van der Waals surface area contributed by atoms with Crippen molar-refractivity contribution in [2.75, 3.05) is 5.33 Å². The van der Waals surface area contributed by atoms with Crippen LogP contribution in [0.3, 0.4) is 0 Å². The zero-order valence-electron chi connectivity index (χ0n) is 3.96. The average Bonchev–Trinajstić information content (AvgIpc) is 1.35. The molecule has 0 rings (SSSR count). The number of rotatable bonds is 1. The van der Waals surface area contributed by atoms with Gasteiger partial charge in [-0.2, -0.15) is 0 Å². The van der Waals surface area contributed by atoms with Crippen molar-refractivity contribution in [3.05, 3.63) is 0 Å². The van der Waals surface area contributed by atoms with Crippen LogP contribution in [0.5, 0.6) is 0 Å². The summed E-state index contributed by atoms with van der Waals surface area (Å²) in [6.45, 7) is 3.06. The van der Waals surface area contributed by atoms with Crippen LogP contribution in [-0.2, 0) is 0 Å². The molecule has 38 valence electrons. The summed E-state index contributed by atoms with van der Waals surface area (Å²) in [6, 6.07) is 0. The molecule has 0 atom stereocenters. The fourth-order valence-electron chi connectivity index (χ4n) is 0. The lowest BCUT2D eigenvalue weighted by atomic mass is 10.2. The van der Waals surface area contributed by atoms with Gasteiger partial charge in [-0.3, -0.25) is 0 Å². The average molecular weight is 155 g/mol. The first-order chi connectivity index (χ1) is 2.56. The Morgan fingerprint density at radius 3 is 1.83 bits per heavy atom. The molecular formula is C4H8BrF. The third-order valence-corrected chi connectivity index (χ3v) is 1.65. The van der Waals surface area contributed by atoms with Crippen molar-refractivity contribution < 1.29 is 4.39 Å². The van der Waals surface area contributed by atoms with Crippen molar-refractivity contribution in [1.29, 1.82) is 0 Å². The molecule has 0 aromatic heterocycles. The second-order valence-electron chi connectivity index (χ2n) is 1.85. The maximum Gasteiger partial charge on any atom is 0.115 e. The zero-order chi connectivity index (χ0) is 5.21. The number of alkyl halides is 2. The lowest BCUT2D eigenvalue weighted by Crippen LogP contribution is -2.12. The first-order valence-electron chi connectivity index (χ1n) is 1.81. The molecule has 0 aromatic carbocycles. The fraction of sp³-hybridized carbons (Fsp3) is 1.00. The summed E-state index contributed by atoms with van der Waals surface area (Å²) in [5, 5.41) is 0.417. The maximum absolute atomic E-state index is 12.1. The van der Waals surface area contributed by atoms with Gasteiger partial charge in [0.15, 0.2) is 0 Å². The normalized spacial score (nSPS) is 12.0. The Kier molecular flexibility index (Phi) is 2.05. The van der Waals surface area contributed by atoms with Gasteiger partial charge in [-0.1, -0.05) is 15.9 Å². The van der Waals surface area contributed by atoms with Crippen LogP contribution in [0.1, 0.15) is 13.8 Å². The Labute approximate surface area is 45.9 Å². The summed E-state index contributed by atoms with van der Waals surface area (Å²) in [7, 11) is 0. The van der Waals surface area contributed by atoms with Crippen LogP contribution < -0.4 is 0 Å². The Hall–Kier alpha value is 0.410. The van der Waals surface area contributed by atoms with Crippen molar-refractivity contribution in [2.45, 2.75) is 19.5 Å². The van der Waals surface area contributed by atoms with Gasteiger partial charge < -0.3 is 0 Å². The van der Waals surface area contributed by atoms with E-state index >= 15 is 0 Å². The van der Waals surface area contributed by atoms with Crippen molar-refractivity contribution >= 4 is 15.9 Å². The molecule has 0 bridgehead atoms. The van der Waals surface area contributed by atoms with Crippen LogP contribution in [0.25, 0.3) is 0 Å². The van der Waals surface area contributed by atoms with Crippen molar-refractivity contribution in [3.8, 4) is 0 Å². The summed E-state index contributed by atoms with van der Waals surface area (Å²) in [4.78, 5) is 0. The van der Waals surface area contributed by atoms with Crippen LogP contribution in [0.4, 0.5) is 4.39 Å². The highest BCUT2D eigenvalue weighted by Crippen LogP contribution is 2.09. The summed E-state index contributed by atoms with van der Waals surface area (Å²) in [5.41, 5.74) is -1.04. The molecule has 2 heteroatoms. The zero-order valence-corrected chi connectivity index (χ0v) is 5.55. The first-order valence-corrected chi connectivity index (χ1v) is 2.93. The topological polar surface area (TPSA) is 0 Å². The quantitative estimate of drug-likeness (QED) is 0.508. The largest absolute Gasteiger partial charge is 0.244 e. The van der Waals surface area contributed by atoms with E-state index in [-0.39, 0.29) is 0 Å². The van der Waals surface area contributed by atoms with Gasteiger partial charge in [-0.25, -0.2) is 4.39 Å². The minimum absolute atomic E-state index is 0.417. The molecule has 0 amide bonds. The Morgan fingerprint density at radius 1 is 1.67 bits per heavy atom. The van der Waals surface area contributed by atoms with Crippen LogP contribution in [0.2, 0.25) is 0 Å². The molecule has 0 heterocycles. The third-order valence-electron chi connectivity index (χ3n) is 0.318. The van der Waals surface area contributed by atoms with Gasteiger partial charge >= 0.3 is 0 Å². The molecule has 0 nitrogen and oxygen atoms in total. The van der Waals surface area contributed by atoms with Crippen LogP contribution in [0, 0.1) is 0 Å². The molecule has 0 unspecified atom stereocenters. The van der Waals surface area contributed by atoms with E-state index < -0.39 is 5.67 Å². The number of halogens is 2. The van der Waals surface area contributed by atoms with Crippen LogP contribution in [0.15, 0.2) is 0 Å². The van der Waals surface area contributed by atoms with E-state index in [0.29, 0.717) is 5.33 Å². The molecule has 0 aliphatic heterocycles. The van der Waals surface area contributed by atoms with E-state index in [0.717, 1.165) is 0 Å². The third kappa shape index (κ3) is 4.41. The molecule has 0 aliphatic carbocycles. The van der Waals surface area contributed by atoms with Gasteiger partial charge in [0, 0.05) is 5.33 Å². The van der Waals surface area contributed by atoms with E-state index in [2.05, 4.69) is 15.9 Å². The molecule has 0 fully saturated rings. The van der Waals surface area contributed by atoms with E-state index in [4.69, 9.17) is 0 Å². The highest BCUT2D eigenvalue weighted by Gasteiger charge is 2.10. The highest BCUT2D eigenvalue weighted by molar-refractivity contribution is 9.09. The molecule has 0 N–H and O–H groups in total. The highest BCUT2D eigenvalue weighted by atomic mass is 79.9. The van der Waals surface area contributed by atoms with E-state index in [1.165, 1.54) is 13.8 Å². The maximum atomic E-state index is 12.1. The van der Waals surface area contributed by atoms with E-state index in [1.54, 1.807) is 0 Å². The van der Waals surface area contributed by atoms with Crippen LogP contribution >= 0.6 is 15.9 Å². The van der Waals surface area contributed by atoms with Gasteiger partial charge in [0.1, 0.15) is 5.67 Å². The Bertz CT molecular complexity index is 37.3. The summed E-state index contributed by atoms with van der Waals surface area (Å²) >= 11 is 2.99. The molecule has 0 saturated carbocycles. The van der Waals surface area contributed by atoms with Crippen molar-refractivity contribution in [3.63, 3.8) is 0 Å². The lowest BCUT2D eigenvalue weighted by molar-refractivity contribution is 0.254. The SMILES string of the molecule is CC(C)(F)CBr. The molecule has 0 aromatic rings.